The number of rotatable bonds is 7. The van der Waals surface area contributed by atoms with Crippen molar-refractivity contribution in [1.82, 2.24) is 10.6 Å². The largest absolute Gasteiger partial charge is 0.481 e. The number of ether oxygens (including phenoxy) is 1. The van der Waals surface area contributed by atoms with Crippen molar-refractivity contribution in [3.05, 3.63) is 0 Å². The van der Waals surface area contributed by atoms with Crippen LogP contribution in [-0.2, 0) is 9.53 Å². The lowest BCUT2D eigenvalue weighted by molar-refractivity contribution is -0.141. The fourth-order valence-corrected chi connectivity index (χ4v) is 2.32. The van der Waals surface area contributed by atoms with E-state index in [-0.39, 0.29) is 12.6 Å². The number of carbonyl (C=O) groups is 2. The van der Waals surface area contributed by atoms with Crippen molar-refractivity contribution in [2.45, 2.75) is 44.8 Å². The van der Waals surface area contributed by atoms with Gasteiger partial charge in [0.2, 0.25) is 0 Å². The summed E-state index contributed by atoms with van der Waals surface area (Å²) in [5.41, 5.74) is -1.45. The Bertz CT molecular complexity index is 346. The van der Waals surface area contributed by atoms with E-state index in [0.29, 0.717) is 12.5 Å². The lowest BCUT2D eigenvalue weighted by Gasteiger charge is -2.22. The smallest absolute Gasteiger partial charge is 0.314 e. The molecule has 116 valence electrons. The first-order chi connectivity index (χ1) is 9.34. The van der Waals surface area contributed by atoms with E-state index in [4.69, 9.17) is 9.84 Å². The van der Waals surface area contributed by atoms with Gasteiger partial charge in [-0.05, 0) is 19.8 Å². The van der Waals surface area contributed by atoms with Crippen LogP contribution in [-0.4, -0.2) is 53.6 Å². The molecular formula is C13H24N2O5. The lowest BCUT2D eigenvalue weighted by Crippen LogP contribution is -2.47. The summed E-state index contributed by atoms with van der Waals surface area (Å²) in [7, 11) is 0. The predicted octanol–water partition coefficient (Wildman–Crippen LogP) is 0.326. The van der Waals surface area contributed by atoms with Crippen molar-refractivity contribution in [1.29, 1.82) is 0 Å². The highest BCUT2D eigenvalue weighted by Crippen LogP contribution is 2.22. The van der Waals surface area contributed by atoms with Gasteiger partial charge < -0.3 is 25.6 Å². The number of carboxylic acids is 1. The molecule has 1 saturated heterocycles. The zero-order valence-corrected chi connectivity index (χ0v) is 12.0. The third-order valence-corrected chi connectivity index (χ3v) is 3.44. The van der Waals surface area contributed by atoms with Gasteiger partial charge >= 0.3 is 12.0 Å². The van der Waals surface area contributed by atoms with E-state index < -0.39 is 24.0 Å². The Hall–Kier alpha value is -1.34. The van der Waals surface area contributed by atoms with Crippen LogP contribution < -0.4 is 10.6 Å². The first-order valence-corrected chi connectivity index (χ1v) is 6.91. The van der Waals surface area contributed by atoms with Crippen LogP contribution >= 0.6 is 0 Å². The summed E-state index contributed by atoms with van der Waals surface area (Å²) >= 11 is 0. The minimum absolute atomic E-state index is 0.108. The van der Waals surface area contributed by atoms with Crippen molar-refractivity contribution in [3.8, 4) is 0 Å². The molecule has 1 fully saturated rings. The summed E-state index contributed by atoms with van der Waals surface area (Å²) in [6.07, 6.45) is 1.61. The zero-order valence-electron chi connectivity index (χ0n) is 12.0. The first-order valence-electron chi connectivity index (χ1n) is 6.91. The molecule has 7 heteroatoms. The lowest BCUT2D eigenvalue weighted by atomic mass is 10.00. The van der Waals surface area contributed by atoms with Crippen LogP contribution in [0.4, 0.5) is 4.79 Å². The first kappa shape index (κ1) is 16.7. The molecule has 20 heavy (non-hydrogen) atoms. The van der Waals surface area contributed by atoms with Gasteiger partial charge in [-0.25, -0.2) is 4.79 Å². The molecule has 7 nitrogen and oxygen atoms in total. The fraction of sp³-hybridized carbons (Fsp3) is 0.846. The summed E-state index contributed by atoms with van der Waals surface area (Å²) < 4.78 is 5.53. The number of nitrogens with one attached hydrogen (secondary N) is 2. The van der Waals surface area contributed by atoms with Crippen LogP contribution in [0.15, 0.2) is 0 Å². The summed E-state index contributed by atoms with van der Waals surface area (Å²) in [5.74, 6) is -0.795. The van der Waals surface area contributed by atoms with Gasteiger partial charge in [0.1, 0.15) is 0 Å². The molecule has 0 bridgehead atoms. The highest BCUT2D eigenvalue weighted by molar-refractivity contribution is 5.74. The van der Waals surface area contributed by atoms with Gasteiger partial charge in [-0.3, -0.25) is 4.79 Å². The Balaban J connectivity index is 2.25. The Labute approximate surface area is 118 Å². The van der Waals surface area contributed by atoms with Crippen molar-refractivity contribution >= 4 is 12.0 Å². The molecule has 1 rings (SSSR count). The van der Waals surface area contributed by atoms with Crippen molar-refractivity contribution < 1.29 is 24.5 Å². The minimum atomic E-state index is -1.45. The maximum absolute atomic E-state index is 11.6. The van der Waals surface area contributed by atoms with E-state index in [0.717, 1.165) is 19.4 Å². The Kier molecular flexibility index (Phi) is 6.22. The van der Waals surface area contributed by atoms with Gasteiger partial charge in [-0.15, -0.1) is 0 Å². The van der Waals surface area contributed by atoms with E-state index in [1.165, 1.54) is 6.92 Å². The Morgan fingerprint density at radius 3 is 2.70 bits per heavy atom. The second kappa shape index (κ2) is 7.44. The summed E-state index contributed by atoms with van der Waals surface area (Å²) in [4.78, 5) is 22.1. The average molecular weight is 288 g/mol. The molecule has 0 aliphatic carbocycles. The van der Waals surface area contributed by atoms with E-state index >= 15 is 0 Å². The van der Waals surface area contributed by atoms with Gasteiger partial charge in [0, 0.05) is 25.6 Å². The SMILES string of the molecule is CCC1OCCC1CNC(=O)NCC(C)(O)CC(=O)O. The molecule has 0 radical (unpaired) electrons. The topological polar surface area (TPSA) is 108 Å². The summed E-state index contributed by atoms with van der Waals surface area (Å²) in [6, 6.07) is -0.405. The predicted molar refractivity (Wildman–Crippen MR) is 72.4 cm³/mol. The monoisotopic (exact) mass is 288 g/mol. The number of aliphatic carboxylic acids is 1. The number of urea groups is 1. The molecule has 0 spiro atoms. The quantitative estimate of drug-likeness (QED) is 0.540. The fourth-order valence-electron chi connectivity index (χ4n) is 2.32. The van der Waals surface area contributed by atoms with E-state index in [2.05, 4.69) is 10.6 Å². The van der Waals surface area contributed by atoms with Gasteiger partial charge in [0.15, 0.2) is 0 Å². The van der Waals surface area contributed by atoms with Crippen LogP contribution in [0.1, 0.15) is 33.1 Å². The molecule has 1 aliphatic rings. The number of amides is 2. The Morgan fingerprint density at radius 1 is 1.40 bits per heavy atom. The van der Waals surface area contributed by atoms with Gasteiger partial charge in [0.25, 0.3) is 0 Å². The van der Waals surface area contributed by atoms with Crippen molar-refractivity contribution in [3.63, 3.8) is 0 Å². The Morgan fingerprint density at radius 2 is 2.10 bits per heavy atom. The highest BCUT2D eigenvalue weighted by Gasteiger charge is 2.28. The average Bonchev–Trinajstić information content (AvgIpc) is 2.79. The number of carbonyl (C=O) groups excluding carboxylic acids is 1. The molecule has 0 aromatic carbocycles. The van der Waals surface area contributed by atoms with E-state index in [9.17, 15) is 14.7 Å². The van der Waals surface area contributed by atoms with Crippen LogP contribution in [0.5, 0.6) is 0 Å². The summed E-state index contributed by atoms with van der Waals surface area (Å²) in [6.45, 7) is 4.56. The third-order valence-electron chi connectivity index (χ3n) is 3.44. The van der Waals surface area contributed by atoms with Crippen LogP contribution in [0.25, 0.3) is 0 Å². The molecule has 2 amide bonds. The van der Waals surface area contributed by atoms with Crippen molar-refractivity contribution in [2.75, 3.05) is 19.7 Å². The van der Waals surface area contributed by atoms with Crippen LogP contribution in [0, 0.1) is 5.92 Å². The van der Waals surface area contributed by atoms with Gasteiger partial charge in [0.05, 0.1) is 18.1 Å². The second-order valence-electron chi connectivity index (χ2n) is 5.50. The molecule has 0 aromatic rings. The maximum Gasteiger partial charge on any atom is 0.314 e. The number of hydrogen-bond donors (Lipinski definition) is 4. The highest BCUT2D eigenvalue weighted by atomic mass is 16.5. The molecule has 1 aliphatic heterocycles. The molecule has 4 N–H and O–H groups in total. The normalized spacial score (nSPS) is 24.9. The maximum atomic E-state index is 11.6. The van der Waals surface area contributed by atoms with E-state index in [1.54, 1.807) is 0 Å². The van der Waals surface area contributed by atoms with E-state index in [1.807, 2.05) is 6.92 Å². The van der Waals surface area contributed by atoms with Crippen molar-refractivity contribution in [2.24, 2.45) is 5.92 Å². The molecule has 3 unspecified atom stereocenters. The van der Waals surface area contributed by atoms with Gasteiger partial charge in [-0.2, -0.15) is 0 Å². The molecular weight excluding hydrogens is 264 g/mol. The second-order valence-corrected chi connectivity index (χ2v) is 5.50. The minimum Gasteiger partial charge on any atom is -0.481 e. The summed E-state index contributed by atoms with van der Waals surface area (Å²) in [5, 5.41) is 23.6. The number of aliphatic hydroxyl groups is 1. The number of hydrogen-bond acceptors (Lipinski definition) is 4. The van der Waals surface area contributed by atoms with Crippen LogP contribution in [0.2, 0.25) is 0 Å². The molecule has 1 heterocycles. The zero-order chi connectivity index (χ0) is 15.2. The third kappa shape index (κ3) is 5.75. The number of carboxylic acid groups (broad SMARTS) is 1. The van der Waals surface area contributed by atoms with Crippen LogP contribution in [0.3, 0.4) is 0 Å². The standard InChI is InChI=1S/C13H24N2O5/c1-3-10-9(4-5-20-10)7-14-12(18)15-8-13(2,19)6-11(16)17/h9-10,19H,3-8H2,1-2H3,(H,16,17)(H2,14,15,18). The molecule has 0 saturated carbocycles. The molecule has 3 atom stereocenters. The molecule has 0 aromatic heterocycles. The van der Waals surface area contributed by atoms with Gasteiger partial charge in [-0.1, -0.05) is 6.92 Å².